The number of hydrogen-bond acceptors (Lipinski definition) is 5. The molecular weight excluding hydrogens is 466 g/mol. The number of amides is 2. The van der Waals surface area contributed by atoms with Crippen LogP contribution in [0.25, 0.3) is 21.9 Å². The molecule has 0 spiro atoms. The molecule has 1 atom stereocenters. The van der Waals surface area contributed by atoms with E-state index in [9.17, 15) is 4.79 Å². The number of hydrogen-bond donors (Lipinski definition) is 1. The van der Waals surface area contributed by atoms with Crippen LogP contribution in [-0.2, 0) is 0 Å². The van der Waals surface area contributed by atoms with Gasteiger partial charge in [0.05, 0.1) is 25.4 Å². The van der Waals surface area contributed by atoms with Crippen LogP contribution in [0, 0.1) is 5.92 Å². The van der Waals surface area contributed by atoms with Gasteiger partial charge in [0.15, 0.2) is 0 Å². The Kier molecular flexibility index (Phi) is 6.55. The van der Waals surface area contributed by atoms with Crippen LogP contribution in [0.2, 0.25) is 0 Å². The van der Waals surface area contributed by atoms with Crippen molar-refractivity contribution in [3.63, 3.8) is 0 Å². The monoisotopic (exact) mass is 499 g/mol. The molecule has 6 rings (SSSR count). The summed E-state index contributed by atoms with van der Waals surface area (Å²) in [6.45, 7) is 3.75. The SMILES string of the molecule is COc1ccc(OCC2CCCN(C(=O)N3CCC(c4ccnc5cnc6[nH]ccc6c45)CC3)C2)cc1. The number of aromatic amines is 1. The Morgan fingerprint density at radius 1 is 1.00 bits per heavy atom. The lowest BCUT2D eigenvalue weighted by molar-refractivity contribution is 0.104. The molecule has 0 bridgehead atoms. The summed E-state index contributed by atoms with van der Waals surface area (Å²) in [4.78, 5) is 29.8. The molecule has 1 aromatic carbocycles. The second-order valence-corrected chi connectivity index (χ2v) is 10.1. The summed E-state index contributed by atoms with van der Waals surface area (Å²) in [6, 6.07) is 12.1. The molecule has 37 heavy (non-hydrogen) atoms. The van der Waals surface area contributed by atoms with E-state index in [1.807, 2.05) is 52.7 Å². The minimum Gasteiger partial charge on any atom is -0.497 e. The third-order valence-corrected chi connectivity index (χ3v) is 7.86. The Hall–Kier alpha value is -3.81. The van der Waals surface area contributed by atoms with Crippen LogP contribution in [0.5, 0.6) is 11.5 Å². The summed E-state index contributed by atoms with van der Waals surface area (Å²) in [7, 11) is 1.66. The Morgan fingerprint density at radius 2 is 1.81 bits per heavy atom. The molecule has 0 radical (unpaired) electrons. The first-order valence-corrected chi connectivity index (χ1v) is 13.2. The summed E-state index contributed by atoms with van der Waals surface area (Å²) in [5, 5.41) is 2.31. The number of urea groups is 1. The third kappa shape index (κ3) is 4.80. The zero-order valence-electron chi connectivity index (χ0n) is 21.2. The quantitative estimate of drug-likeness (QED) is 0.408. The van der Waals surface area contributed by atoms with Crippen LogP contribution >= 0.6 is 0 Å². The highest BCUT2D eigenvalue weighted by atomic mass is 16.5. The number of rotatable bonds is 5. The Bertz CT molecular complexity index is 1380. The van der Waals surface area contributed by atoms with Gasteiger partial charge in [-0.05, 0) is 73.6 Å². The van der Waals surface area contributed by atoms with Crippen molar-refractivity contribution >= 4 is 28.0 Å². The Labute approximate surface area is 216 Å². The molecule has 2 saturated heterocycles. The van der Waals surface area contributed by atoms with E-state index < -0.39 is 0 Å². The lowest BCUT2D eigenvalue weighted by Gasteiger charge is -2.39. The number of nitrogens with zero attached hydrogens (tertiary/aromatic N) is 4. The number of piperidine rings is 2. The number of H-pyrrole nitrogens is 1. The van der Waals surface area contributed by atoms with Gasteiger partial charge in [-0.15, -0.1) is 0 Å². The fourth-order valence-electron chi connectivity index (χ4n) is 5.86. The van der Waals surface area contributed by atoms with Gasteiger partial charge in [0, 0.05) is 55.3 Å². The van der Waals surface area contributed by atoms with E-state index in [-0.39, 0.29) is 6.03 Å². The van der Waals surface area contributed by atoms with Crippen LogP contribution < -0.4 is 9.47 Å². The van der Waals surface area contributed by atoms with E-state index in [2.05, 4.69) is 27.1 Å². The van der Waals surface area contributed by atoms with Crippen molar-refractivity contribution < 1.29 is 14.3 Å². The number of methoxy groups -OCH3 is 1. The number of carbonyl (C=O) groups is 1. The standard InChI is InChI=1S/C29H33N5O3/c1-36-22-4-6-23(7-5-22)37-19-20-3-2-14-34(18-20)29(35)33-15-10-21(11-16-33)24-8-12-30-26-17-32-28-25(27(24)26)9-13-31-28/h4-9,12-13,17,20-21H,2-3,10-11,14-16,18-19H2,1H3,(H,31,32). The van der Waals surface area contributed by atoms with Gasteiger partial charge in [0.2, 0.25) is 0 Å². The maximum atomic E-state index is 13.4. The van der Waals surface area contributed by atoms with E-state index in [1.165, 1.54) is 10.9 Å². The van der Waals surface area contributed by atoms with Crippen molar-refractivity contribution in [3.05, 3.63) is 60.6 Å². The first-order chi connectivity index (χ1) is 18.2. The Balaban J connectivity index is 1.07. The summed E-state index contributed by atoms with van der Waals surface area (Å²) in [5.74, 6) is 2.40. The summed E-state index contributed by atoms with van der Waals surface area (Å²) in [6.07, 6.45) is 9.68. The van der Waals surface area contributed by atoms with Crippen molar-refractivity contribution in [2.75, 3.05) is 39.9 Å². The van der Waals surface area contributed by atoms with Crippen LogP contribution in [0.15, 0.2) is 55.0 Å². The average Bonchev–Trinajstić information content (AvgIpc) is 3.45. The molecule has 1 N–H and O–H groups in total. The lowest BCUT2D eigenvalue weighted by atomic mass is 9.87. The van der Waals surface area contributed by atoms with E-state index in [0.717, 1.165) is 79.9 Å². The van der Waals surface area contributed by atoms with Gasteiger partial charge < -0.3 is 24.3 Å². The predicted molar refractivity (Wildman–Crippen MR) is 143 cm³/mol. The first kappa shape index (κ1) is 23.6. The predicted octanol–water partition coefficient (Wildman–Crippen LogP) is 5.21. The number of pyridine rings is 2. The summed E-state index contributed by atoms with van der Waals surface area (Å²) in [5.41, 5.74) is 3.14. The highest BCUT2D eigenvalue weighted by Gasteiger charge is 2.31. The molecule has 192 valence electrons. The maximum absolute atomic E-state index is 13.4. The molecule has 0 saturated carbocycles. The number of benzene rings is 1. The van der Waals surface area contributed by atoms with Crippen molar-refractivity contribution in [2.45, 2.75) is 31.6 Å². The molecule has 2 fully saturated rings. The molecule has 1 unspecified atom stereocenters. The molecule has 8 heteroatoms. The smallest absolute Gasteiger partial charge is 0.320 e. The van der Waals surface area contributed by atoms with Gasteiger partial charge in [-0.25, -0.2) is 9.78 Å². The van der Waals surface area contributed by atoms with Crippen molar-refractivity contribution in [3.8, 4) is 11.5 Å². The summed E-state index contributed by atoms with van der Waals surface area (Å²) < 4.78 is 11.2. The zero-order chi connectivity index (χ0) is 25.2. The van der Waals surface area contributed by atoms with Gasteiger partial charge in [0.25, 0.3) is 0 Å². The van der Waals surface area contributed by atoms with Crippen molar-refractivity contribution in [1.82, 2.24) is 24.8 Å². The molecular formula is C29H33N5O3. The Morgan fingerprint density at radius 3 is 2.62 bits per heavy atom. The van der Waals surface area contributed by atoms with Gasteiger partial charge in [-0.2, -0.15) is 0 Å². The molecule has 5 heterocycles. The zero-order valence-corrected chi connectivity index (χ0v) is 21.2. The van der Waals surface area contributed by atoms with Gasteiger partial charge in [-0.3, -0.25) is 4.98 Å². The minimum absolute atomic E-state index is 0.171. The number of ether oxygens (including phenoxy) is 2. The average molecular weight is 500 g/mol. The normalized spacial score (nSPS) is 18.9. The number of fused-ring (bicyclic) bond motifs is 3. The maximum Gasteiger partial charge on any atom is 0.320 e. The summed E-state index contributed by atoms with van der Waals surface area (Å²) >= 11 is 0. The second-order valence-electron chi connectivity index (χ2n) is 10.1. The molecule has 3 aromatic heterocycles. The van der Waals surface area contributed by atoms with E-state index in [4.69, 9.17) is 9.47 Å². The van der Waals surface area contributed by atoms with Crippen molar-refractivity contribution in [1.29, 1.82) is 0 Å². The number of carbonyl (C=O) groups excluding carboxylic acids is 1. The molecule has 4 aromatic rings. The fraction of sp³-hybridized carbons (Fsp3) is 0.414. The van der Waals surface area contributed by atoms with E-state index >= 15 is 0 Å². The van der Waals surface area contributed by atoms with Gasteiger partial charge >= 0.3 is 6.03 Å². The molecule has 2 aliphatic rings. The highest BCUT2D eigenvalue weighted by molar-refractivity contribution is 6.05. The van der Waals surface area contributed by atoms with Crippen molar-refractivity contribution in [2.24, 2.45) is 5.92 Å². The minimum atomic E-state index is 0.171. The highest BCUT2D eigenvalue weighted by Crippen LogP contribution is 2.35. The largest absolute Gasteiger partial charge is 0.497 e. The molecule has 8 nitrogen and oxygen atoms in total. The molecule has 0 aliphatic carbocycles. The third-order valence-electron chi connectivity index (χ3n) is 7.86. The molecule has 2 amide bonds. The van der Waals surface area contributed by atoms with Gasteiger partial charge in [0.1, 0.15) is 17.1 Å². The lowest BCUT2D eigenvalue weighted by Crippen LogP contribution is -2.50. The second kappa shape index (κ2) is 10.3. The van der Waals surface area contributed by atoms with E-state index in [1.54, 1.807) is 7.11 Å². The first-order valence-electron chi connectivity index (χ1n) is 13.2. The number of likely N-dealkylation sites (tertiary alicyclic amines) is 2. The molecule has 2 aliphatic heterocycles. The number of aromatic nitrogens is 3. The van der Waals surface area contributed by atoms with Crippen LogP contribution in [-0.4, -0.2) is 70.7 Å². The van der Waals surface area contributed by atoms with E-state index in [0.29, 0.717) is 18.4 Å². The topological polar surface area (TPSA) is 83.6 Å². The van der Waals surface area contributed by atoms with Crippen LogP contribution in [0.4, 0.5) is 4.79 Å². The van der Waals surface area contributed by atoms with Gasteiger partial charge in [-0.1, -0.05) is 0 Å². The fourth-order valence-corrected chi connectivity index (χ4v) is 5.86. The van der Waals surface area contributed by atoms with Crippen LogP contribution in [0.1, 0.15) is 37.2 Å². The number of nitrogens with one attached hydrogen (secondary N) is 1. The van der Waals surface area contributed by atoms with Crippen LogP contribution in [0.3, 0.4) is 0 Å².